The van der Waals surface area contributed by atoms with Gasteiger partial charge in [-0.25, -0.2) is 0 Å². The Morgan fingerprint density at radius 2 is 2.71 bits per heavy atom. The Hall–Kier alpha value is -1.34. The van der Waals surface area contributed by atoms with Gasteiger partial charge in [-0.3, -0.25) is 14.4 Å². The standard InChI is InChI=1S/C7H10BN3O3/c9-7(12)3-11-2-5(1-10-11)6-4-13-14-8-6/h1-2,6,8H,3-4H2,(H2,9,12). The van der Waals surface area contributed by atoms with Gasteiger partial charge in [0.05, 0.1) is 12.8 Å². The Labute approximate surface area is 81.2 Å². The molecule has 2 heterocycles. The monoisotopic (exact) mass is 195 g/mol. The number of rotatable bonds is 3. The van der Waals surface area contributed by atoms with E-state index in [2.05, 4.69) is 5.10 Å². The van der Waals surface area contributed by atoms with E-state index in [-0.39, 0.29) is 12.4 Å². The summed E-state index contributed by atoms with van der Waals surface area (Å²) < 4.78 is 1.51. The normalized spacial score (nSPS) is 20.7. The molecule has 1 unspecified atom stereocenters. The predicted octanol–water partition coefficient (Wildman–Crippen LogP) is -1.28. The molecule has 1 aromatic heterocycles. The van der Waals surface area contributed by atoms with Crippen molar-refractivity contribution in [2.24, 2.45) is 5.73 Å². The summed E-state index contributed by atoms with van der Waals surface area (Å²) in [4.78, 5) is 20.2. The zero-order valence-corrected chi connectivity index (χ0v) is 7.55. The van der Waals surface area contributed by atoms with Crippen molar-refractivity contribution in [1.29, 1.82) is 0 Å². The minimum Gasteiger partial charge on any atom is -0.368 e. The van der Waals surface area contributed by atoms with Crippen LogP contribution < -0.4 is 5.73 Å². The molecule has 0 saturated carbocycles. The van der Waals surface area contributed by atoms with Crippen molar-refractivity contribution in [3.63, 3.8) is 0 Å². The van der Waals surface area contributed by atoms with Crippen LogP contribution in [0, 0.1) is 0 Å². The molecule has 1 aromatic rings. The Balaban J connectivity index is 2.05. The fourth-order valence-corrected chi connectivity index (χ4v) is 1.34. The molecule has 1 aliphatic heterocycles. The smallest absolute Gasteiger partial charge is 0.333 e. The van der Waals surface area contributed by atoms with Crippen LogP contribution in [-0.2, 0) is 21.0 Å². The summed E-state index contributed by atoms with van der Waals surface area (Å²) in [5, 5.41) is 4.01. The molecule has 6 nitrogen and oxygen atoms in total. The molecule has 0 radical (unpaired) electrons. The number of carbonyl (C=O) groups is 1. The van der Waals surface area contributed by atoms with Gasteiger partial charge in [0.2, 0.25) is 5.91 Å². The maximum atomic E-state index is 10.6. The summed E-state index contributed by atoms with van der Waals surface area (Å²) in [6.45, 7) is 0.636. The zero-order valence-electron chi connectivity index (χ0n) is 7.55. The highest BCUT2D eigenvalue weighted by atomic mass is 17.2. The van der Waals surface area contributed by atoms with Gasteiger partial charge in [0.25, 0.3) is 0 Å². The average Bonchev–Trinajstić information content (AvgIpc) is 2.69. The molecule has 0 spiro atoms. The molecule has 1 fully saturated rings. The van der Waals surface area contributed by atoms with Crippen LogP contribution >= 0.6 is 0 Å². The number of aromatic nitrogens is 2. The third-order valence-electron chi connectivity index (χ3n) is 2.06. The van der Waals surface area contributed by atoms with Crippen molar-refractivity contribution in [3.05, 3.63) is 18.0 Å². The van der Waals surface area contributed by atoms with Gasteiger partial charge in [0.1, 0.15) is 6.54 Å². The molecule has 74 valence electrons. The number of amides is 1. The van der Waals surface area contributed by atoms with E-state index in [0.29, 0.717) is 14.1 Å². The van der Waals surface area contributed by atoms with E-state index in [0.717, 1.165) is 5.56 Å². The largest absolute Gasteiger partial charge is 0.368 e. The van der Waals surface area contributed by atoms with Crippen LogP contribution in [0.4, 0.5) is 0 Å². The van der Waals surface area contributed by atoms with Gasteiger partial charge in [-0.15, -0.1) is 0 Å². The molecule has 2 rings (SSSR count). The summed E-state index contributed by atoms with van der Waals surface area (Å²) in [5.41, 5.74) is 6.04. The topological polar surface area (TPSA) is 79.4 Å². The first-order chi connectivity index (χ1) is 6.75. The molecule has 1 aliphatic rings. The third kappa shape index (κ3) is 1.94. The van der Waals surface area contributed by atoms with Gasteiger partial charge >= 0.3 is 7.48 Å². The number of hydrogen-bond acceptors (Lipinski definition) is 4. The van der Waals surface area contributed by atoms with Crippen molar-refractivity contribution < 1.29 is 14.5 Å². The molecule has 7 heteroatoms. The van der Waals surface area contributed by atoms with Crippen molar-refractivity contribution >= 4 is 13.4 Å². The van der Waals surface area contributed by atoms with Crippen LogP contribution in [0.5, 0.6) is 0 Å². The SMILES string of the molecule is NC(=O)Cn1cc(C2BOOC2)cn1. The Morgan fingerprint density at radius 1 is 1.86 bits per heavy atom. The van der Waals surface area contributed by atoms with Crippen LogP contribution in [0.2, 0.25) is 0 Å². The second kappa shape index (κ2) is 3.81. The first-order valence-electron chi connectivity index (χ1n) is 4.31. The Bertz CT molecular complexity index is 335. The highest BCUT2D eigenvalue weighted by Crippen LogP contribution is 2.18. The van der Waals surface area contributed by atoms with E-state index in [1.165, 1.54) is 4.68 Å². The maximum absolute atomic E-state index is 10.6. The van der Waals surface area contributed by atoms with Gasteiger partial charge in [-0.1, -0.05) is 0 Å². The second-order valence-corrected chi connectivity index (χ2v) is 3.20. The third-order valence-corrected chi connectivity index (χ3v) is 2.06. The van der Waals surface area contributed by atoms with Gasteiger partial charge in [0, 0.05) is 12.0 Å². The lowest BCUT2D eigenvalue weighted by Crippen LogP contribution is -2.18. The van der Waals surface area contributed by atoms with Crippen molar-refractivity contribution in [1.82, 2.24) is 9.78 Å². The average molecular weight is 195 g/mol. The highest BCUT2D eigenvalue weighted by Gasteiger charge is 2.23. The lowest BCUT2D eigenvalue weighted by atomic mass is 9.78. The van der Waals surface area contributed by atoms with E-state index < -0.39 is 5.91 Å². The molecule has 0 aromatic carbocycles. The number of nitrogens with two attached hydrogens (primary N) is 1. The molecule has 0 bridgehead atoms. The fraction of sp³-hybridized carbons (Fsp3) is 0.429. The van der Waals surface area contributed by atoms with Gasteiger partial charge in [0.15, 0.2) is 0 Å². The summed E-state index contributed by atoms with van der Waals surface area (Å²) in [5.74, 6) is -0.199. The molecular formula is C7H10BN3O3. The summed E-state index contributed by atoms with van der Waals surface area (Å²) >= 11 is 0. The zero-order chi connectivity index (χ0) is 9.97. The van der Waals surface area contributed by atoms with E-state index in [1.54, 1.807) is 12.4 Å². The van der Waals surface area contributed by atoms with Crippen LogP contribution in [0.1, 0.15) is 11.4 Å². The molecule has 1 atom stereocenters. The van der Waals surface area contributed by atoms with Crippen LogP contribution in [-0.4, -0.2) is 29.8 Å². The number of nitrogens with zero attached hydrogens (tertiary/aromatic N) is 2. The van der Waals surface area contributed by atoms with E-state index in [9.17, 15) is 4.79 Å². The predicted molar refractivity (Wildman–Crippen MR) is 48.3 cm³/mol. The summed E-state index contributed by atoms with van der Waals surface area (Å²) in [6, 6.07) is 0. The summed E-state index contributed by atoms with van der Waals surface area (Å²) in [7, 11) is 0.530. The fourth-order valence-electron chi connectivity index (χ4n) is 1.34. The molecule has 1 saturated heterocycles. The lowest BCUT2D eigenvalue weighted by molar-refractivity contribution is -0.183. The second-order valence-electron chi connectivity index (χ2n) is 3.20. The van der Waals surface area contributed by atoms with E-state index in [4.69, 9.17) is 15.4 Å². The minimum atomic E-state index is -0.404. The number of primary amides is 1. The van der Waals surface area contributed by atoms with Crippen LogP contribution in [0.25, 0.3) is 0 Å². The first kappa shape index (κ1) is 9.23. The van der Waals surface area contributed by atoms with Crippen molar-refractivity contribution in [2.45, 2.75) is 12.4 Å². The molecule has 0 aliphatic carbocycles. The van der Waals surface area contributed by atoms with Gasteiger partial charge < -0.3 is 10.5 Å². The molecular weight excluding hydrogens is 185 g/mol. The Kier molecular flexibility index (Phi) is 2.51. The van der Waals surface area contributed by atoms with Crippen LogP contribution in [0.3, 0.4) is 0 Å². The molecule has 14 heavy (non-hydrogen) atoms. The van der Waals surface area contributed by atoms with Crippen molar-refractivity contribution in [3.8, 4) is 0 Å². The highest BCUT2D eigenvalue weighted by molar-refractivity contribution is 6.30. The van der Waals surface area contributed by atoms with Gasteiger partial charge in [-0.05, 0) is 5.56 Å². The first-order valence-corrected chi connectivity index (χ1v) is 4.31. The quantitative estimate of drug-likeness (QED) is 0.481. The molecule has 1 amide bonds. The molecule has 2 N–H and O–H groups in total. The number of hydrogen-bond donors (Lipinski definition) is 1. The van der Waals surface area contributed by atoms with Crippen molar-refractivity contribution in [2.75, 3.05) is 6.61 Å². The summed E-state index contributed by atoms with van der Waals surface area (Å²) in [6.07, 6.45) is 3.49. The van der Waals surface area contributed by atoms with Crippen LogP contribution in [0.15, 0.2) is 12.4 Å². The Morgan fingerprint density at radius 3 is 3.36 bits per heavy atom. The van der Waals surface area contributed by atoms with E-state index >= 15 is 0 Å². The lowest BCUT2D eigenvalue weighted by Gasteiger charge is -1.98. The number of carbonyl (C=O) groups excluding carboxylic acids is 1. The van der Waals surface area contributed by atoms with Gasteiger partial charge in [-0.2, -0.15) is 5.10 Å². The maximum Gasteiger partial charge on any atom is 0.333 e. The van der Waals surface area contributed by atoms with E-state index in [1.807, 2.05) is 0 Å². The minimum absolute atomic E-state index is 0.106.